The molecule has 0 saturated heterocycles. The molecule has 0 fully saturated rings. The van der Waals surface area contributed by atoms with Crippen molar-refractivity contribution in [2.24, 2.45) is 0 Å². The molecule has 21 heavy (non-hydrogen) atoms. The predicted octanol–water partition coefficient (Wildman–Crippen LogP) is 5.00. The third-order valence-electron chi connectivity index (χ3n) is 2.74. The molecule has 7 heteroatoms. The molecule has 0 aliphatic heterocycles. The highest BCUT2D eigenvalue weighted by molar-refractivity contribution is 7.10. The number of halogens is 4. The van der Waals surface area contributed by atoms with Crippen LogP contribution in [-0.2, 0) is 0 Å². The highest BCUT2D eigenvalue weighted by atomic mass is 35.5. The summed E-state index contributed by atoms with van der Waals surface area (Å²) in [5.41, 5.74) is 0.669. The lowest BCUT2D eigenvalue weighted by atomic mass is 10.0. The number of ether oxygens (including phenoxy) is 1. The average Bonchev–Trinajstić information content (AvgIpc) is 2.80. The molecule has 1 N–H and O–H groups in total. The smallest absolute Gasteiger partial charge is 0.406 e. The molecule has 1 aromatic carbocycles. The van der Waals surface area contributed by atoms with Gasteiger partial charge in [0, 0.05) is 4.88 Å². The van der Waals surface area contributed by atoms with Crippen LogP contribution < -0.4 is 10.1 Å². The maximum absolute atomic E-state index is 12.3. The summed E-state index contributed by atoms with van der Waals surface area (Å²) in [5, 5.41) is 5.66. The number of alkyl halides is 3. The Balaban J connectivity index is 2.33. The molecule has 1 aromatic heterocycles. The normalized spacial score (nSPS) is 13.2. The second kappa shape index (κ2) is 6.68. The lowest BCUT2D eigenvalue weighted by Crippen LogP contribution is -2.22. The zero-order valence-corrected chi connectivity index (χ0v) is 12.6. The van der Waals surface area contributed by atoms with E-state index in [2.05, 4.69) is 10.1 Å². The van der Waals surface area contributed by atoms with Crippen LogP contribution in [0.25, 0.3) is 0 Å². The van der Waals surface area contributed by atoms with Crippen LogP contribution in [-0.4, -0.2) is 12.9 Å². The molecule has 0 aliphatic rings. The first kappa shape index (κ1) is 16.1. The molecule has 2 aromatic rings. The van der Waals surface area contributed by atoms with Crippen molar-refractivity contribution in [3.8, 4) is 5.75 Å². The summed E-state index contributed by atoms with van der Waals surface area (Å²) in [6.07, 6.45) is -4.70. The quantitative estimate of drug-likeness (QED) is 0.830. The van der Waals surface area contributed by atoms with E-state index in [1.165, 1.54) is 29.5 Å². The molecule has 2 nitrogen and oxygen atoms in total. The van der Waals surface area contributed by atoms with Crippen molar-refractivity contribution in [3.05, 3.63) is 51.2 Å². The Kier molecular flexibility index (Phi) is 5.13. The van der Waals surface area contributed by atoms with Crippen LogP contribution >= 0.6 is 22.9 Å². The van der Waals surface area contributed by atoms with Crippen molar-refractivity contribution >= 4 is 22.9 Å². The van der Waals surface area contributed by atoms with Gasteiger partial charge in [-0.05, 0) is 35.7 Å². The SMILES string of the molecule is CCNC(c1cccc(OC(F)(F)F)c1)c1sccc1Cl. The Morgan fingerprint density at radius 3 is 2.67 bits per heavy atom. The van der Waals surface area contributed by atoms with E-state index in [1.807, 2.05) is 12.3 Å². The number of thiophene rings is 1. The first-order valence-corrected chi connectivity index (χ1v) is 7.48. The third-order valence-corrected chi connectivity index (χ3v) is 4.16. The molecule has 0 bridgehead atoms. The zero-order valence-electron chi connectivity index (χ0n) is 11.1. The van der Waals surface area contributed by atoms with E-state index in [1.54, 1.807) is 12.1 Å². The largest absolute Gasteiger partial charge is 0.573 e. The van der Waals surface area contributed by atoms with E-state index in [0.717, 1.165) is 4.88 Å². The Morgan fingerprint density at radius 1 is 1.33 bits per heavy atom. The maximum Gasteiger partial charge on any atom is 0.573 e. The molecular formula is C14H13ClF3NOS. The lowest BCUT2D eigenvalue weighted by molar-refractivity contribution is -0.274. The fourth-order valence-electron chi connectivity index (χ4n) is 1.97. The average molecular weight is 336 g/mol. The number of nitrogens with one attached hydrogen (secondary N) is 1. The molecule has 1 atom stereocenters. The van der Waals surface area contributed by atoms with E-state index in [4.69, 9.17) is 11.6 Å². The van der Waals surface area contributed by atoms with E-state index in [0.29, 0.717) is 17.1 Å². The molecule has 1 unspecified atom stereocenters. The van der Waals surface area contributed by atoms with Crippen LogP contribution in [0.3, 0.4) is 0 Å². The summed E-state index contributed by atoms with van der Waals surface area (Å²) >= 11 is 7.58. The van der Waals surface area contributed by atoms with Gasteiger partial charge in [-0.3, -0.25) is 0 Å². The summed E-state index contributed by atoms with van der Waals surface area (Å²) in [6.45, 7) is 2.58. The van der Waals surface area contributed by atoms with Crippen molar-refractivity contribution in [2.45, 2.75) is 19.3 Å². The van der Waals surface area contributed by atoms with Gasteiger partial charge in [-0.1, -0.05) is 30.7 Å². The Bertz CT molecular complexity index is 600. The molecule has 0 amide bonds. The topological polar surface area (TPSA) is 21.3 Å². The van der Waals surface area contributed by atoms with Gasteiger partial charge < -0.3 is 10.1 Å². The lowest BCUT2D eigenvalue weighted by Gasteiger charge is -2.19. The van der Waals surface area contributed by atoms with Crippen molar-refractivity contribution in [2.75, 3.05) is 6.54 Å². The predicted molar refractivity (Wildman–Crippen MR) is 78.0 cm³/mol. The second-order valence-electron chi connectivity index (χ2n) is 4.24. The molecule has 0 spiro atoms. The Morgan fingerprint density at radius 2 is 2.10 bits per heavy atom. The summed E-state index contributed by atoms with van der Waals surface area (Å²) in [7, 11) is 0. The number of hydrogen-bond donors (Lipinski definition) is 1. The van der Waals surface area contributed by atoms with Gasteiger partial charge in [0.25, 0.3) is 0 Å². The van der Waals surface area contributed by atoms with Crippen LogP contribution in [0.15, 0.2) is 35.7 Å². The van der Waals surface area contributed by atoms with Crippen LogP contribution in [0, 0.1) is 0 Å². The summed E-state index contributed by atoms with van der Waals surface area (Å²) in [5.74, 6) is -0.240. The van der Waals surface area contributed by atoms with Gasteiger partial charge in [0.05, 0.1) is 11.1 Å². The molecule has 1 heterocycles. The van der Waals surface area contributed by atoms with Crippen molar-refractivity contribution in [1.82, 2.24) is 5.32 Å². The van der Waals surface area contributed by atoms with Crippen LogP contribution in [0.2, 0.25) is 5.02 Å². The van der Waals surface area contributed by atoms with Gasteiger partial charge in [0.15, 0.2) is 0 Å². The summed E-state index contributed by atoms with van der Waals surface area (Å²) in [4.78, 5) is 0.864. The highest BCUT2D eigenvalue weighted by Crippen LogP contribution is 2.34. The maximum atomic E-state index is 12.3. The van der Waals surface area contributed by atoms with Gasteiger partial charge in [-0.2, -0.15) is 0 Å². The summed E-state index contributed by atoms with van der Waals surface area (Å²) in [6, 6.07) is 7.42. The fraction of sp³-hybridized carbons (Fsp3) is 0.286. The van der Waals surface area contributed by atoms with Gasteiger partial charge in [-0.15, -0.1) is 24.5 Å². The van der Waals surface area contributed by atoms with Crippen LogP contribution in [0.5, 0.6) is 5.75 Å². The Hall–Kier alpha value is -1.24. The molecule has 0 saturated carbocycles. The van der Waals surface area contributed by atoms with Crippen molar-refractivity contribution in [1.29, 1.82) is 0 Å². The number of benzene rings is 1. The minimum absolute atomic E-state index is 0.240. The molecular weight excluding hydrogens is 323 g/mol. The van der Waals surface area contributed by atoms with Crippen molar-refractivity contribution in [3.63, 3.8) is 0 Å². The zero-order chi connectivity index (χ0) is 15.5. The van der Waals surface area contributed by atoms with E-state index in [9.17, 15) is 13.2 Å². The monoisotopic (exact) mass is 335 g/mol. The molecule has 0 radical (unpaired) electrons. The molecule has 114 valence electrons. The fourth-order valence-corrected chi connectivity index (χ4v) is 3.24. The Labute approximate surface area is 129 Å². The van der Waals surface area contributed by atoms with Gasteiger partial charge in [0.1, 0.15) is 5.75 Å². The van der Waals surface area contributed by atoms with Crippen molar-refractivity contribution < 1.29 is 17.9 Å². The number of hydrogen-bond acceptors (Lipinski definition) is 3. The van der Waals surface area contributed by atoms with Crippen LogP contribution in [0.1, 0.15) is 23.4 Å². The number of rotatable bonds is 5. The van der Waals surface area contributed by atoms with Gasteiger partial charge in [-0.25, -0.2) is 0 Å². The van der Waals surface area contributed by atoms with E-state index < -0.39 is 6.36 Å². The molecule has 0 aliphatic carbocycles. The standard InChI is InChI=1S/C14H13ClF3NOS/c1-2-19-12(13-11(15)6-7-21-13)9-4-3-5-10(8-9)20-14(16,17)18/h3-8,12,19H,2H2,1H3. The first-order valence-electron chi connectivity index (χ1n) is 6.22. The third kappa shape index (κ3) is 4.36. The van der Waals surface area contributed by atoms with Crippen LogP contribution in [0.4, 0.5) is 13.2 Å². The van der Waals surface area contributed by atoms with E-state index >= 15 is 0 Å². The van der Waals surface area contributed by atoms with Gasteiger partial charge >= 0.3 is 6.36 Å². The second-order valence-corrected chi connectivity index (χ2v) is 5.60. The van der Waals surface area contributed by atoms with Gasteiger partial charge in [0.2, 0.25) is 0 Å². The highest BCUT2D eigenvalue weighted by Gasteiger charge is 2.31. The minimum Gasteiger partial charge on any atom is -0.406 e. The van der Waals surface area contributed by atoms with E-state index in [-0.39, 0.29) is 11.8 Å². The summed E-state index contributed by atoms with van der Waals surface area (Å²) < 4.78 is 40.9. The first-order chi connectivity index (χ1) is 9.90. The molecule has 2 rings (SSSR count). The minimum atomic E-state index is -4.70.